The molecule has 1 atom stereocenters. The van der Waals surface area contributed by atoms with Crippen LogP contribution in [0.4, 0.5) is 5.69 Å². The van der Waals surface area contributed by atoms with Crippen LogP contribution in [0.5, 0.6) is 11.6 Å². The molecule has 0 radical (unpaired) electrons. The molecule has 0 N–H and O–H groups in total. The molecule has 0 bridgehead atoms. The van der Waals surface area contributed by atoms with Gasteiger partial charge in [-0.15, -0.1) is 0 Å². The van der Waals surface area contributed by atoms with Crippen LogP contribution in [0.3, 0.4) is 0 Å². The summed E-state index contributed by atoms with van der Waals surface area (Å²) < 4.78 is 6.88. The van der Waals surface area contributed by atoms with E-state index in [0.29, 0.717) is 27.9 Å². The molecule has 1 amide bonds. The monoisotopic (exact) mass is 408 g/mol. The fraction of sp³-hybridized carbons (Fsp3) is 0.238. The second kappa shape index (κ2) is 7.71. The van der Waals surface area contributed by atoms with Gasteiger partial charge >= 0.3 is 0 Å². The molecule has 2 aromatic carbocycles. The van der Waals surface area contributed by atoms with Gasteiger partial charge in [0.1, 0.15) is 5.75 Å². The van der Waals surface area contributed by atoms with E-state index in [0.717, 1.165) is 11.3 Å². The summed E-state index contributed by atoms with van der Waals surface area (Å²) in [5.41, 5.74) is 2.49. The Balaban J connectivity index is 2.01. The number of aromatic nitrogens is 3. The average molecular weight is 408 g/mol. The third-order valence-corrected chi connectivity index (χ3v) is 5.46. The molecule has 8 heteroatoms. The molecule has 0 fully saturated rings. The first-order valence-electron chi connectivity index (χ1n) is 9.22. The summed E-state index contributed by atoms with van der Waals surface area (Å²) in [6.07, 6.45) is -0.602. The van der Waals surface area contributed by atoms with Crippen LogP contribution in [0.1, 0.15) is 25.6 Å². The van der Waals surface area contributed by atoms with E-state index in [1.165, 1.54) is 18.7 Å². The van der Waals surface area contributed by atoms with Crippen molar-refractivity contribution in [1.29, 1.82) is 0 Å². The van der Waals surface area contributed by atoms with Gasteiger partial charge in [-0.05, 0) is 42.2 Å². The van der Waals surface area contributed by atoms with E-state index in [1.807, 2.05) is 55.5 Å². The van der Waals surface area contributed by atoms with Gasteiger partial charge in [0.25, 0.3) is 17.0 Å². The quantitative estimate of drug-likeness (QED) is 0.487. The third kappa shape index (κ3) is 3.29. The number of hydrogen-bond donors (Lipinski definition) is 0. The third-order valence-electron chi connectivity index (χ3n) is 4.74. The minimum atomic E-state index is -0.602. The van der Waals surface area contributed by atoms with Crippen molar-refractivity contribution in [3.63, 3.8) is 0 Å². The lowest BCUT2D eigenvalue weighted by atomic mass is 10.0. The van der Waals surface area contributed by atoms with E-state index in [-0.39, 0.29) is 11.8 Å². The second-order valence-corrected chi connectivity index (χ2v) is 7.71. The Morgan fingerprint density at radius 1 is 1.24 bits per heavy atom. The Labute approximate surface area is 173 Å². The van der Waals surface area contributed by atoms with Gasteiger partial charge in [0.2, 0.25) is 5.91 Å². The topological polar surface area (TPSA) is 82.3 Å². The van der Waals surface area contributed by atoms with E-state index in [1.54, 1.807) is 16.7 Å². The smallest absolute Gasteiger partial charge is 0.293 e. The summed E-state index contributed by atoms with van der Waals surface area (Å²) in [6.45, 7) is 3.49. The summed E-state index contributed by atoms with van der Waals surface area (Å²) in [6, 6.07) is 14.8. The number of para-hydroxylation sites is 1. The van der Waals surface area contributed by atoms with Gasteiger partial charge in [0.15, 0.2) is 0 Å². The van der Waals surface area contributed by atoms with Crippen LogP contribution in [-0.2, 0) is 4.79 Å². The number of ether oxygens (including phenoxy) is 1. The molecule has 7 nitrogen and oxygen atoms in total. The van der Waals surface area contributed by atoms with Crippen LogP contribution in [0.15, 0.2) is 53.7 Å². The first-order chi connectivity index (χ1) is 14.0. The van der Waals surface area contributed by atoms with Crippen molar-refractivity contribution in [1.82, 2.24) is 10.1 Å². The van der Waals surface area contributed by atoms with Gasteiger partial charge in [-0.3, -0.25) is 4.79 Å². The van der Waals surface area contributed by atoms with Crippen LogP contribution in [0.25, 0.3) is 11.3 Å². The lowest BCUT2D eigenvalue weighted by Crippen LogP contribution is -2.58. The molecule has 1 unspecified atom stereocenters. The summed E-state index contributed by atoms with van der Waals surface area (Å²) in [7, 11) is 1.60. The van der Waals surface area contributed by atoms with Crippen molar-refractivity contribution in [2.75, 3.05) is 17.8 Å². The van der Waals surface area contributed by atoms with E-state index in [9.17, 15) is 9.90 Å². The highest BCUT2D eigenvalue weighted by atomic mass is 32.2. The van der Waals surface area contributed by atoms with Gasteiger partial charge in [-0.1, -0.05) is 35.5 Å². The van der Waals surface area contributed by atoms with E-state index >= 15 is 0 Å². The Kier molecular flexibility index (Phi) is 5.10. The number of methoxy groups -OCH3 is 1. The summed E-state index contributed by atoms with van der Waals surface area (Å²) in [5, 5.41) is 18.0. The molecule has 1 aliphatic rings. The first kappa shape index (κ1) is 19.2. The number of thioether (sulfide) groups is 1. The molecule has 2 heterocycles. The minimum Gasteiger partial charge on any atom is -0.854 e. The number of benzene rings is 2. The molecule has 1 aromatic heterocycles. The highest BCUT2D eigenvalue weighted by molar-refractivity contribution is 7.99. The number of carbonyl (C=O) groups is 1. The van der Waals surface area contributed by atoms with Crippen LogP contribution in [-0.4, -0.2) is 28.9 Å². The van der Waals surface area contributed by atoms with Gasteiger partial charge in [0.05, 0.1) is 24.2 Å². The molecule has 1 aliphatic heterocycles. The van der Waals surface area contributed by atoms with Gasteiger partial charge in [-0.25, -0.2) is 9.88 Å². The van der Waals surface area contributed by atoms with Crippen LogP contribution in [0.2, 0.25) is 0 Å². The van der Waals surface area contributed by atoms with E-state index < -0.39 is 6.17 Å². The zero-order valence-electron chi connectivity index (χ0n) is 16.3. The van der Waals surface area contributed by atoms with E-state index in [2.05, 4.69) is 10.1 Å². The largest absolute Gasteiger partial charge is 0.854 e. The number of amides is 1. The number of fused-ring (bicyclic) bond motifs is 3. The van der Waals surface area contributed by atoms with Crippen molar-refractivity contribution >= 4 is 23.4 Å². The molecule has 4 rings (SSSR count). The Morgan fingerprint density at radius 2 is 1.97 bits per heavy atom. The lowest BCUT2D eigenvalue weighted by molar-refractivity contribution is -0.764. The first-order valence-corrected chi connectivity index (χ1v) is 10.2. The predicted molar refractivity (Wildman–Crippen MR) is 108 cm³/mol. The molecule has 0 spiro atoms. The number of hydrogen-bond acceptors (Lipinski definition) is 6. The minimum absolute atomic E-state index is 0.146. The summed E-state index contributed by atoms with van der Waals surface area (Å²) >= 11 is 1.39. The Hall–Kier alpha value is -3.13. The number of anilines is 1. The standard InChI is InChI=1S/C21H20N4O3S/c1-4-29-21-22-19(27)18-16-7-5-6-8-17(16)24(13(2)26)20(25(18)23-21)14-9-11-15(28-3)12-10-14/h5-12,20H,4H2,1-3H3. The number of rotatable bonds is 4. The SMILES string of the molecule is CCSc1nc([O-])c2[n+](n1)C(c1ccc(OC)cc1)N(C(C)=O)c1ccccc1-2. The maximum absolute atomic E-state index is 13.0. The Morgan fingerprint density at radius 3 is 2.62 bits per heavy atom. The second-order valence-electron chi connectivity index (χ2n) is 6.48. The highest BCUT2D eigenvalue weighted by Crippen LogP contribution is 2.40. The van der Waals surface area contributed by atoms with Gasteiger partial charge < -0.3 is 9.84 Å². The zero-order valence-corrected chi connectivity index (χ0v) is 17.1. The zero-order chi connectivity index (χ0) is 20.5. The van der Waals surface area contributed by atoms with Crippen molar-refractivity contribution in [2.24, 2.45) is 0 Å². The molecular weight excluding hydrogens is 388 g/mol. The van der Waals surface area contributed by atoms with Crippen LogP contribution in [0, 0.1) is 0 Å². The maximum Gasteiger partial charge on any atom is 0.293 e. The molecular formula is C21H20N4O3S. The van der Waals surface area contributed by atoms with Crippen molar-refractivity contribution in [2.45, 2.75) is 25.2 Å². The number of carbonyl (C=O) groups excluding carboxylic acids is 1. The molecule has 0 saturated heterocycles. The highest BCUT2D eigenvalue weighted by Gasteiger charge is 2.43. The van der Waals surface area contributed by atoms with Crippen LogP contribution >= 0.6 is 11.8 Å². The fourth-order valence-electron chi connectivity index (χ4n) is 3.54. The van der Waals surface area contributed by atoms with Gasteiger partial charge in [-0.2, -0.15) is 0 Å². The predicted octanol–water partition coefficient (Wildman–Crippen LogP) is 2.54. The maximum atomic E-state index is 13.0. The molecule has 3 aromatic rings. The average Bonchev–Trinajstić information content (AvgIpc) is 2.72. The van der Waals surface area contributed by atoms with Crippen molar-refractivity contribution < 1.29 is 19.3 Å². The molecule has 0 saturated carbocycles. The van der Waals surface area contributed by atoms with Crippen molar-refractivity contribution in [3.8, 4) is 22.9 Å². The normalized spacial score (nSPS) is 14.9. The lowest BCUT2D eigenvalue weighted by Gasteiger charge is -2.32. The summed E-state index contributed by atoms with van der Waals surface area (Å²) in [5.74, 6) is 0.940. The molecule has 29 heavy (non-hydrogen) atoms. The Bertz CT molecular complexity index is 1070. The van der Waals surface area contributed by atoms with Crippen LogP contribution < -0.4 is 19.4 Å². The van der Waals surface area contributed by atoms with E-state index in [4.69, 9.17) is 4.74 Å². The summed E-state index contributed by atoms with van der Waals surface area (Å²) in [4.78, 5) is 18.6. The van der Waals surface area contributed by atoms with Crippen molar-refractivity contribution in [3.05, 3.63) is 54.1 Å². The fourth-order valence-corrected chi connectivity index (χ4v) is 4.09. The molecule has 0 aliphatic carbocycles. The number of nitrogens with zero attached hydrogens (tertiary/aromatic N) is 4. The molecule has 148 valence electrons. The van der Waals surface area contributed by atoms with Gasteiger partial charge in [0, 0.05) is 17.6 Å².